The van der Waals surface area contributed by atoms with Gasteiger partial charge in [-0.3, -0.25) is 0 Å². The minimum atomic E-state index is -3.71. The van der Waals surface area contributed by atoms with Crippen molar-refractivity contribution in [2.24, 2.45) is 0 Å². The highest BCUT2D eigenvalue weighted by atomic mass is 32.2. The van der Waals surface area contributed by atoms with E-state index in [1.54, 1.807) is 30.3 Å². The molecule has 0 aliphatic carbocycles. The molecule has 1 aliphatic heterocycles. The molecule has 0 radical (unpaired) electrons. The van der Waals surface area contributed by atoms with Crippen LogP contribution in [0.15, 0.2) is 47.4 Å². The molecule has 2 aromatic rings. The Morgan fingerprint density at radius 2 is 1.83 bits per heavy atom. The van der Waals surface area contributed by atoms with Crippen molar-refractivity contribution in [2.45, 2.75) is 11.4 Å². The van der Waals surface area contributed by atoms with Crippen LogP contribution in [0.1, 0.15) is 11.1 Å². The molecule has 6 nitrogen and oxygen atoms in total. The second kappa shape index (κ2) is 6.51. The highest BCUT2D eigenvalue weighted by molar-refractivity contribution is 7.89. The third kappa shape index (κ3) is 3.07. The lowest BCUT2D eigenvalue weighted by Crippen LogP contribution is -2.27. The molecule has 0 saturated heterocycles. The minimum Gasteiger partial charge on any atom is -0.486 e. The zero-order valence-electron chi connectivity index (χ0n) is 13.1. The van der Waals surface area contributed by atoms with Crippen LogP contribution in [0.25, 0.3) is 0 Å². The van der Waals surface area contributed by atoms with Gasteiger partial charge in [-0.2, -0.15) is 9.57 Å². The summed E-state index contributed by atoms with van der Waals surface area (Å²) in [4.78, 5) is 0.128. The minimum absolute atomic E-state index is 0.112. The Hall–Kier alpha value is -2.56. The van der Waals surface area contributed by atoms with Crippen molar-refractivity contribution in [3.63, 3.8) is 0 Å². The van der Waals surface area contributed by atoms with E-state index in [2.05, 4.69) is 6.07 Å². The maximum absolute atomic E-state index is 12.8. The second-order valence-electron chi connectivity index (χ2n) is 5.34. The van der Waals surface area contributed by atoms with E-state index in [0.717, 1.165) is 0 Å². The van der Waals surface area contributed by atoms with Crippen LogP contribution in [0.3, 0.4) is 0 Å². The average molecular weight is 344 g/mol. The van der Waals surface area contributed by atoms with Gasteiger partial charge >= 0.3 is 0 Å². The molecule has 1 heterocycles. The summed E-state index contributed by atoms with van der Waals surface area (Å²) in [6.45, 7) is 0.951. The lowest BCUT2D eigenvalue weighted by Gasteiger charge is -2.21. The van der Waals surface area contributed by atoms with Crippen LogP contribution in [0.5, 0.6) is 11.5 Å². The number of hydrogen-bond donors (Lipinski definition) is 0. The first-order valence-corrected chi connectivity index (χ1v) is 8.80. The molecule has 3 rings (SSSR count). The summed E-state index contributed by atoms with van der Waals surface area (Å²) in [5.41, 5.74) is 1.12. The Kier molecular flexibility index (Phi) is 4.42. The number of nitriles is 1. The standard InChI is InChI=1S/C17H16N2O4S/c1-19(12-14-5-3-2-4-13(14)11-18)24(20,21)15-6-7-16-17(10-15)23-9-8-22-16/h2-7,10H,8-9,12H2,1H3. The van der Waals surface area contributed by atoms with Gasteiger partial charge in [0.25, 0.3) is 0 Å². The van der Waals surface area contributed by atoms with E-state index >= 15 is 0 Å². The quantitative estimate of drug-likeness (QED) is 0.849. The normalized spacial score (nSPS) is 13.5. The number of nitrogens with zero attached hydrogens (tertiary/aromatic N) is 2. The lowest BCUT2D eigenvalue weighted by molar-refractivity contribution is 0.171. The van der Waals surface area contributed by atoms with Gasteiger partial charge in [0.05, 0.1) is 16.5 Å². The number of ether oxygens (including phenoxy) is 2. The number of rotatable bonds is 4. The van der Waals surface area contributed by atoms with E-state index in [0.29, 0.717) is 35.8 Å². The molecule has 0 atom stereocenters. The predicted octanol–water partition coefficient (Wildman–Crippen LogP) is 2.15. The molecular weight excluding hydrogens is 328 g/mol. The molecule has 0 saturated carbocycles. The number of benzene rings is 2. The van der Waals surface area contributed by atoms with E-state index in [-0.39, 0.29) is 11.4 Å². The Labute approximate surface area is 140 Å². The van der Waals surface area contributed by atoms with Gasteiger partial charge in [-0.15, -0.1) is 0 Å². The van der Waals surface area contributed by atoms with Gasteiger partial charge in [0.15, 0.2) is 11.5 Å². The maximum Gasteiger partial charge on any atom is 0.243 e. The molecular formula is C17H16N2O4S. The Bertz CT molecular complexity index is 903. The van der Waals surface area contributed by atoms with Crippen LogP contribution in [-0.4, -0.2) is 33.0 Å². The molecule has 0 fully saturated rings. The number of hydrogen-bond acceptors (Lipinski definition) is 5. The number of fused-ring (bicyclic) bond motifs is 1. The molecule has 1 aliphatic rings. The highest BCUT2D eigenvalue weighted by Crippen LogP contribution is 2.33. The topological polar surface area (TPSA) is 79.6 Å². The molecule has 0 spiro atoms. The zero-order chi connectivity index (χ0) is 17.2. The van der Waals surface area contributed by atoms with Crippen molar-refractivity contribution in [2.75, 3.05) is 20.3 Å². The first-order valence-electron chi connectivity index (χ1n) is 7.36. The van der Waals surface area contributed by atoms with Crippen LogP contribution >= 0.6 is 0 Å². The summed E-state index contributed by atoms with van der Waals surface area (Å²) < 4.78 is 37.6. The largest absolute Gasteiger partial charge is 0.486 e. The molecule has 0 bridgehead atoms. The summed E-state index contributed by atoms with van der Waals surface area (Å²) in [6.07, 6.45) is 0. The van der Waals surface area contributed by atoms with E-state index in [4.69, 9.17) is 14.7 Å². The van der Waals surface area contributed by atoms with E-state index in [9.17, 15) is 8.42 Å². The first-order chi connectivity index (χ1) is 11.5. The summed E-state index contributed by atoms with van der Waals surface area (Å²) in [7, 11) is -2.22. The van der Waals surface area contributed by atoms with E-state index in [1.807, 2.05) is 0 Å². The van der Waals surface area contributed by atoms with Crippen molar-refractivity contribution >= 4 is 10.0 Å². The monoisotopic (exact) mass is 344 g/mol. The van der Waals surface area contributed by atoms with Crippen molar-refractivity contribution in [3.05, 3.63) is 53.6 Å². The van der Waals surface area contributed by atoms with Crippen LogP contribution in [0.2, 0.25) is 0 Å². The van der Waals surface area contributed by atoms with E-state index in [1.165, 1.54) is 23.5 Å². The van der Waals surface area contributed by atoms with Gasteiger partial charge in [0.1, 0.15) is 13.2 Å². The highest BCUT2D eigenvalue weighted by Gasteiger charge is 2.24. The Morgan fingerprint density at radius 1 is 1.12 bits per heavy atom. The maximum atomic E-state index is 12.8. The summed E-state index contributed by atoms with van der Waals surface area (Å²) >= 11 is 0. The van der Waals surface area contributed by atoms with Gasteiger partial charge in [-0.25, -0.2) is 8.42 Å². The molecule has 0 unspecified atom stereocenters. The molecule has 0 amide bonds. The van der Waals surface area contributed by atoms with Gasteiger partial charge in [-0.05, 0) is 23.8 Å². The summed E-state index contributed by atoms with van der Waals surface area (Å²) in [6, 6.07) is 13.6. The van der Waals surface area contributed by atoms with Gasteiger partial charge in [0, 0.05) is 19.7 Å². The van der Waals surface area contributed by atoms with Crippen molar-refractivity contribution < 1.29 is 17.9 Å². The molecule has 124 valence electrons. The Balaban J connectivity index is 1.88. The fourth-order valence-corrected chi connectivity index (χ4v) is 3.62. The Morgan fingerprint density at radius 3 is 2.58 bits per heavy atom. The van der Waals surface area contributed by atoms with Crippen LogP contribution in [-0.2, 0) is 16.6 Å². The second-order valence-corrected chi connectivity index (χ2v) is 7.38. The smallest absolute Gasteiger partial charge is 0.243 e. The number of sulfonamides is 1. The van der Waals surface area contributed by atoms with Gasteiger partial charge in [-0.1, -0.05) is 18.2 Å². The molecule has 7 heteroatoms. The first kappa shape index (κ1) is 16.3. The van der Waals surface area contributed by atoms with Gasteiger partial charge in [0.2, 0.25) is 10.0 Å². The molecule has 2 aromatic carbocycles. The molecule has 0 N–H and O–H groups in total. The van der Waals surface area contributed by atoms with Crippen LogP contribution in [0.4, 0.5) is 0 Å². The molecule has 0 aromatic heterocycles. The average Bonchev–Trinajstić information content (AvgIpc) is 2.61. The SMILES string of the molecule is CN(Cc1ccccc1C#N)S(=O)(=O)c1ccc2c(c1)OCCO2. The third-order valence-electron chi connectivity index (χ3n) is 3.75. The van der Waals surface area contributed by atoms with Gasteiger partial charge < -0.3 is 9.47 Å². The summed E-state index contributed by atoms with van der Waals surface area (Å²) in [5.74, 6) is 0.964. The predicted molar refractivity (Wildman–Crippen MR) is 87.2 cm³/mol. The third-order valence-corrected chi connectivity index (χ3v) is 5.55. The van der Waals surface area contributed by atoms with Crippen molar-refractivity contribution in [3.8, 4) is 17.6 Å². The van der Waals surface area contributed by atoms with Crippen LogP contribution < -0.4 is 9.47 Å². The van der Waals surface area contributed by atoms with Crippen molar-refractivity contribution in [1.29, 1.82) is 5.26 Å². The molecule has 24 heavy (non-hydrogen) atoms. The fourth-order valence-electron chi connectivity index (χ4n) is 2.46. The fraction of sp³-hybridized carbons (Fsp3) is 0.235. The summed E-state index contributed by atoms with van der Waals surface area (Å²) in [5, 5.41) is 9.14. The van der Waals surface area contributed by atoms with Crippen molar-refractivity contribution in [1.82, 2.24) is 4.31 Å². The lowest BCUT2D eigenvalue weighted by atomic mass is 10.1. The van der Waals surface area contributed by atoms with Crippen LogP contribution in [0, 0.1) is 11.3 Å². The zero-order valence-corrected chi connectivity index (χ0v) is 13.9. The van der Waals surface area contributed by atoms with E-state index < -0.39 is 10.0 Å².